The molecule has 0 saturated carbocycles. The van der Waals surface area contributed by atoms with Gasteiger partial charge in [-0.05, 0) is 32.8 Å². The number of ether oxygens (including phenoxy) is 1. The molecule has 0 aliphatic rings. The molecule has 0 aromatic carbocycles. The first-order valence-electron chi connectivity index (χ1n) is 8.80. The summed E-state index contributed by atoms with van der Waals surface area (Å²) in [4.78, 5) is 31.7. The minimum Gasteiger partial charge on any atom is -0.383 e. The summed E-state index contributed by atoms with van der Waals surface area (Å²) in [7, 11) is 1.61. The number of aromatic nitrogens is 2. The Morgan fingerprint density at radius 1 is 1.42 bits per heavy atom. The molecule has 0 aliphatic heterocycles. The molecule has 144 valence electrons. The lowest BCUT2D eigenvalue weighted by Crippen LogP contribution is -2.36. The monoisotopic (exact) mass is 397 g/mol. The average Bonchev–Trinajstić information content (AvgIpc) is 2.87. The molecule has 0 radical (unpaired) electrons. The van der Waals surface area contributed by atoms with E-state index in [1.165, 1.54) is 23.1 Å². The molecule has 0 aliphatic carbocycles. The number of aryl methyl sites for hydroxylation is 2. The molecule has 2 rings (SSSR count). The van der Waals surface area contributed by atoms with E-state index in [1.807, 2.05) is 20.8 Å². The van der Waals surface area contributed by atoms with E-state index < -0.39 is 0 Å². The largest absolute Gasteiger partial charge is 0.383 e. The van der Waals surface area contributed by atoms with E-state index in [0.717, 1.165) is 28.1 Å². The second kappa shape index (κ2) is 9.53. The number of thiophene rings is 1. The van der Waals surface area contributed by atoms with E-state index >= 15 is 0 Å². The number of unbranched alkanes of at least 4 members (excludes halogenated alkanes) is 1. The third kappa shape index (κ3) is 4.86. The van der Waals surface area contributed by atoms with E-state index in [4.69, 9.17) is 9.72 Å². The van der Waals surface area contributed by atoms with Crippen molar-refractivity contribution in [1.29, 1.82) is 0 Å². The SMILES string of the molecule is CCCCn1c(SCC(=O)NC(C)COC)nc2sc(C)c(C)c2c1=O. The summed E-state index contributed by atoms with van der Waals surface area (Å²) in [6, 6.07) is -0.0478. The van der Waals surface area contributed by atoms with Crippen LogP contribution in [0.5, 0.6) is 0 Å². The Hall–Kier alpha value is -1.38. The van der Waals surface area contributed by atoms with Crippen LogP contribution in [0.25, 0.3) is 10.2 Å². The highest BCUT2D eigenvalue weighted by Crippen LogP contribution is 2.28. The maximum absolute atomic E-state index is 13.0. The molecule has 2 heterocycles. The van der Waals surface area contributed by atoms with Gasteiger partial charge in [-0.1, -0.05) is 25.1 Å². The van der Waals surface area contributed by atoms with Gasteiger partial charge in [0.25, 0.3) is 5.56 Å². The van der Waals surface area contributed by atoms with Gasteiger partial charge in [0, 0.05) is 24.6 Å². The first-order chi connectivity index (χ1) is 12.4. The molecule has 2 aromatic heterocycles. The van der Waals surface area contributed by atoms with Crippen LogP contribution in [-0.2, 0) is 16.1 Å². The molecule has 0 saturated heterocycles. The maximum Gasteiger partial charge on any atom is 0.263 e. The van der Waals surface area contributed by atoms with Gasteiger partial charge in [-0.3, -0.25) is 14.2 Å². The molecule has 2 aromatic rings. The van der Waals surface area contributed by atoms with Crippen molar-refractivity contribution in [3.8, 4) is 0 Å². The second-order valence-corrected chi connectivity index (χ2v) is 8.53. The van der Waals surface area contributed by atoms with Crippen molar-refractivity contribution in [3.63, 3.8) is 0 Å². The van der Waals surface area contributed by atoms with Crippen LogP contribution >= 0.6 is 23.1 Å². The van der Waals surface area contributed by atoms with Crippen LogP contribution in [0.1, 0.15) is 37.1 Å². The summed E-state index contributed by atoms with van der Waals surface area (Å²) < 4.78 is 6.75. The topological polar surface area (TPSA) is 73.2 Å². The molecular formula is C18H27N3O3S2. The van der Waals surface area contributed by atoms with E-state index in [0.29, 0.717) is 23.7 Å². The fourth-order valence-corrected chi connectivity index (χ4v) is 4.58. The molecule has 0 fully saturated rings. The number of amides is 1. The third-order valence-corrected chi connectivity index (χ3v) is 6.22. The molecule has 26 heavy (non-hydrogen) atoms. The molecule has 8 heteroatoms. The fourth-order valence-electron chi connectivity index (χ4n) is 2.67. The van der Waals surface area contributed by atoms with Crippen LogP contribution in [0, 0.1) is 13.8 Å². The Bertz CT molecular complexity index is 829. The normalized spacial score (nSPS) is 12.5. The lowest BCUT2D eigenvalue weighted by molar-refractivity contribution is -0.119. The van der Waals surface area contributed by atoms with Gasteiger partial charge >= 0.3 is 0 Å². The first-order valence-corrected chi connectivity index (χ1v) is 10.6. The van der Waals surface area contributed by atoms with Gasteiger partial charge < -0.3 is 10.1 Å². The fraction of sp³-hybridized carbons (Fsp3) is 0.611. The summed E-state index contributed by atoms with van der Waals surface area (Å²) in [5.74, 6) is 0.135. The lowest BCUT2D eigenvalue weighted by Gasteiger charge is -2.14. The lowest BCUT2D eigenvalue weighted by atomic mass is 10.2. The number of thioether (sulfide) groups is 1. The Balaban J connectivity index is 2.27. The zero-order chi connectivity index (χ0) is 19.3. The maximum atomic E-state index is 13.0. The number of carbonyl (C=O) groups excluding carboxylic acids is 1. The third-order valence-electron chi connectivity index (χ3n) is 4.15. The summed E-state index contributed by atoms with van der Waals surface area (Å²) in [5.41, 5.74) is 1.01. The van der Waals surface area contributed by atoms with Crippen molar-refractivity contribution in [2.75, 3.05) is 19.5 Å². The molecule has 0 spiro atoms. The van der Waals surface area contributed by atoms with Gasteiger partial charge in [-0.2, -0.15) is 0 Å². The van der Waals surface area contributed by atoms with Gasteiger partial charge in [0.1, 0.15) is 4.83 Å². The predicted molar refractivity (Wildman–Crippen MR) is 108 cm³/mol. The van der Waals surface area contributed by atoms with Gasteiger partial charge in [-0.25, -0.2) is 4.98 Å². The molecule has 1 amide bonds. The minimum atomic E-state index is -0.0884. The van der Waals surface area contributed by atoms with E-state index in [-0.39, 0.29) is 23.3 Å². The Kier molecular flexibility index (Phi) is 7.67. The average molecular weight is 398 g/mol. The smallest absolute Gasteiger partial charge is 0.263 e. The number of carbonyl (C=O) groups is 1. The molecule has 1 N–H and O–H groups in total. The van der Waals surface area contributed by atoms with Crippen LogP contribution in [-0.4, -0.2) is 41.0 Å². The van der Waals surface area contributed by atoms with Crippen LogP contribution in [0.15, 0.2) is 9.95 Å². The highest BCUT2D eigenvalue weighted by Gasteiger charge is 2.17. The van der Waals surface area contributed by atoms with Crippen LogP contribution in [0.2, 0.25) is 0 Å². The predicted octanol–water partition coefficient (Wildman–Crippen LogP) is 3.12. The van der Waals surface area contributed by atoms with E-state index in [2.05, 4.69) is 12.2 Å². The van der Waals surface area contributed by atoms with Crippen molar-refractivity contribution in [3.05, 3.63) is 20.8 Å². The van der Waals surface area contributed by atoms with Gasteiger partial charge in [-0.15, -0.1) is 11.3 Å². The van der Waals surface area contributed by atoms with Crippen molar-refractivity contribution >= 4 is 39.2 Å². The van der Waals surface area contributed by atoms with Crippen molar-refractivity contribution in [2.24, 2.45) is 0 Å². The quantitative estimate of drug-likeness (QED) is 0.520. The zero-order valence-corrected chi connectivity index (χ0v) is 17.7. The highest BCUT2D eigenvalue weighted by molar-refractivity contribution is 7.99. The number of rotatable bonds is 9. The Morgan fingerprint density at radius 3 is 2.81 bits per heavy atom. The highest BCUT2D eigenvalue weighted by atomic mass is 32.2. The first kappa shape index (κ1) is 20.9. The summed E-state index contributed by atoms with van der Waals surface area (Å²) in [6.45, 7) is 9.05. The number of methoxy groups -OCH3 is 1. The molecule has 1 unspecified atom stereocenters. The van der Waals surface area contributed by atoms with Crippen molar-refractivity contribution < 1.29 is 9.53 Å². The Morgan fingerprint density at radius 2 is 2.15 bits per heavy atom. The number of nitrogens with one attached hydrogen (secondary N) is 1. The molecule has 1 atom stereocenters. The number of hydrogen-bond donors (Lipinski definition) is 1. The van der Waals surface area contributed by atoms with Crippen molar-refractivity contribution in [1.82, 2.24) is 14.9 Å². The van der Waals surface area contributed by atoms with Gasteiger partial charge in [0.15, 0.2) is 5.16 Å². The van der Waals surface area contributed by atoms with E-state index in [9.17, 15) is 9.59 Å². The summed E-state index contributed by atoms with van der Waals surface area (Å²) in [6.07, 6.45) is 1.89. The van der Waals surface area contributed by atoms with Crippen LogP contribution in [0.4, 0.5) is 0 Å². The standard InChI is InChI=1S/C18H27N3O3S2/c1-6-7-8-21-17(23)15-12(3)13(4)26-16(15)20-18(21)25-10-14(22)19-11(2)9-24-5/h11H,6-10H2,1-5H3,(H,19,22). The van der Waals surface area contributed by atoms with Gasteiger partial charge in [0.2, 0.25) is 5.91 Å². The minimum absolute atomic E-state index is 0.000888. The molecule has 0 bridgehead atoms. The number of hydrogen-bond acceptors (Lipinski definition) is 6. The molecule has 6 nitrogen and oxygen atoms in total. The van der Waals surface area contributed by atoms with Crippen LogP contribution in [0.3, 0.4) is 0 Å². The summed E-state index contributed by atoms with van der Waals surface area (Å²) >= 11 is 2.85. The zero-order valence-electron chi connectivity index (χ0n) is 16.0. The van der Waals surface area contributed by atoms with Crippen molar-refractivity contribution in [2.45, 2.75) is 58.3 Å². The van der Waals surface area contributed by atoms with Crippen LogP contribution < -0.4 is 10.9 Å². The number of nitrogens with zero attached hydrogens (tertiary/aromatic N) is 2. The number of fused-ring (bicyclic) bond motifs is 1. The Labute approximate surface area is 162 Å². The summed E-state index contributed by atoms with van der Waals surface area (Å²) in [5, 5.41) is 4.21. The molecular weight excluding hydrogens is 370 g/mol. The van der Waals surface area contributed by atoms with Gasteiger partial charge in [0.05, 0.1) is 17.7 Å². The second-order valence-electron chi connectivity index (χ2n) is 6.38. The van der Waals surface area contributed by atoms with E-state index in [1.54, 1.807) is 11.7 Å².